The van der Waals surface area contributed by atoms with E-state index in [0.717, 1.165) is 0 Å². The van der Waals surface area contributed by atoms with Crippen molar-refractivity contribution in [1.82, 2.24) is 0 Å². The zero-order valence-electron chi connectivity index (χ0n) is 6.76. The van der Waals surface area contributed by atoms with Gasteiger partial charge in [-0.15, -0.1) is 0 Å². The first-order valence-corrected chi connectivity index (χ1v) is 3.41. The number of carbonyl (C=O) groups excluding carboxylic acids is 1. The summed E-state index contributed by atoms with van der Waals surface area (Å²) in [7, 11) is 0. The largest absolute Gasteiger partial charge is 0.451 e. The molecule has 0 bridgehead atoms. The molecule has 61 valence electrons. The summed E-state index contributed by atoms with van der Waals surface area (Å²) >= 11 is 0. The fourth-order valence-electron chi connectivity index (χ4n) is 0.476. The molecule has 1 unspecified atom stereocenters. The molecule has 1 atom stereocenters. The molecule has 3 nitrogen and oxygen atoms in total. The van der Waals surface area contributed by atoms with Gasteiger partial charge in [-0.1, -0.05) is 13.8 Å². The van der Waals surface area contributed by atoms with Gasteiger partial charge in [-0.2, -0.15) is 0 Å². The SMILES string of the molecule is [C]#CCOC(=O)C(N)C(C)C. The van der Waals surface area contributed by atoms with Crippen LogP contribution in [0.15, 0.2) is 0 Å². The van der Waals surface area contributed by atoms with Crippen molar-refractivity contribution < 1.29 is 9.53 Å². The van der Waals surface area contributed by atoms with Crippen LogP contribution in [-0.2, 0) is 9.53 Å². The van der Waals surface area contributed by atoms with Crippen LogP contribution in [0.5, 0.6) is 0 Å². The van der Waals surface area contributed by atoms with E-state index in [-0.39, 0.29) is 12.5 Å². The van der Waals surface area contributed by atoms with Crippen molar-refractivity contribution in [3.8, 4) is 5.92 Å². The van der Waals surface area contributed by atoms with Crippen molar-refractivity contribution in [2.75, 3.05) is 6.61 Å². The maximum atomic E-state index is 10.9. The van der Waals surface area contributed by atoms with E-state index in [4.69, 9.17) is 12.2 Å². The lowest BCUT2D eigenvalue weighted by molar-refractivity contribution is -0.144. The van der Waals surface area contributed by atoms with Crippen LogP contribution >= 0.6 is 0 Å². The van der Waals surface area contributed by atoms with Gasteiger partial charge in [0.05, 0.1) is 0 Å². The summed E-state index contributed by atoms with van der Waals surface area (Å²) in [6.07, 6.45) is 6.48. The van der Waals surface area contributed by atoms with Gasteiger partial charge in [-0.3, -0.25) is 4.79 Å². The van der Waals surface area contributed by atoms with Gasteiger partial charge in [0, 0.05) is 0 Å². The Bertz CT molecular complexity index is 169. The van der Waals surface area contributed by atoms with Gasteiger partial charge in [0.25, 0.3) is 0 Å². The third-order valence-electron chi connectivity index (χ3n) is 1.28. The standard InChI is InChI=1S/C8H12NO2/c1-4-5-11-8(10)7(9)6(2)3/h6-7H,5,9H2,2-3H3. The second-order valence-electron chi connectivity index (χ2n) is 2.55. The van der Waals surface area contributed by atoms with Crippen molar-refractivity contribution in [3.05, 3.63) is 6.42 Å². The summed E-state index contributed by atoms with van der Waals surface area (Å²) in [4.78, 5) is 10.9. The third-order valence-corrected chi connectivity index (χ3v) is 1.28. The van der Waals surface area contributed by atoms with E-state index in [1.54, 1.807) is 0 Å². The van der Waals surface area contributed by atoms with Crippen LogP contribution in [0.2, 0.25) is 0 Å². The molecule has 0 aliphatic carbocycles. The van der Waals surface area contributed by atoms with Crippen molar-refractivity contribution in [2.45, 2.75) is 19.9 Å². The second-order valence-corrected chi connectivity index (χ2v) is 2.55. The highest BCUT2D eigenvalue weighted by molar-refractivity contribution is 5.75. The summed E-state index contributed by atoms with van der Waals surface area (Å²) in [5, 5.41) is 0. The van der Waals surface area contributed by atoms with Crippen molar-refractivity contribution >= 4 is 5.97 Å². The van der Waals surface area contributed by atoms with Crippen LogP contribution in [0.3, 0.4) is 0 Å². The lowest BCUT2D eigenvalue weighted by atomic mass is 10.1. The molecular formula is C8H12NO2. The molecule has 0 saturated heterocycles. The normalized spacial score (nSPS) is 12.3. The Morgan fingerprint density at radius 3 is 2.64 bits per heavy atom. The summed E-state index contributed by atoms with van der Waals surface area (Å²) in [5.74, 6) is 1.53. The maximum Gasteiger partial charge on any atom is 0.324 e. The molecule has 0 aromatic heterocycles. The molecule has 1 radical (unpaired) electrons. The summed E-state index contributed by atoms with van der Waals surface area (Å²) in [6, 6.07) is -0.594. The van der Waals surface area contributed by atoms with E-state index >= 15 is 0 Å². The molecule has 2 N–H and O–H groups in total. The van der Waals surface area contributed by atoms with Gasteiger partial charge in [-0.05, 0) is 18.3 Å². The highest BCUT2D eigenvalue weighted by atomic mass is 16.5. The number of esters is 1. The van der Waals surface area contributed by atoms with Crippen LogP contribution in [0.4, 0.5) is 0 Å². The van der Waals surface area contributed by atoms with Gasteiger partial charge >= 0.3 is 5.97 Å². The number of ether oxygens (including phenoxy) is 1. The van der Waals surface area contributed by atoms with E-state index in [1.165, 1.54) is 0 Å². The molecule has 0 fully saturated rings. The van der Waals surface area contributed by atoms with Gasteiger partial charge in [-0.25, -0.2) is 0 Å². The third kappa shape index (κ3) is 3.64. The minimum Gasteiger partial charge on any atom is -0.451 e. The van der Waals surface area contributed by atoms with Crippen LogP contribution in [0, 0.1) is 18.3 Å². The van der Waals surface area contributed by atoms with Gasteiger partial charge in [0.15, 0.2) is 6.61 Å². The van der Waals surface area contributed by atoms with E-state index < -0.39 is 12.0 Å². The summed E-state index contributed by atoms with van der Waals surface area (Å²) < 4.78 is 4.55. The number of nitrogens with two attached hydrogens (primary N) is 1. The predicted octanol–water partition coefficient (Wildman–Crippen LogP) is 0.103. The molecule has 0 heterocycles. The fourth-order valence-corrected chi connectivity index (χ4v) is 0.476. The lowest BCUT2D eigenvalue weighted by Crippen LogP contribution is -2.37. The molecule has 0 aromatic rings. The fraction of sp³-hybridized carbons (Fsp3) is 0.625. The molecule has 0 aliphatic heterocycles. The molecule has 0 saturated carbocycles. The summed E-state index contributed by atoms with van der Waals surface area (Å²) in [5.41, 5.74) is 5.44. The average Bonchev–Trinajstić information content (AvgIpc) is 1.98. The zero-order valence-corrected chi connectivity index (χ0v) is 6.76. The van der Waals surface area contributed by atoms with E-state index in [0.29, 0.717) is 0 Å². The Labute approximate surface area is 66.9 Å². The van der Waals surface area contributed by atoms with E-state index in [2.05, 4.69) is 4.74 Å². The van der Waals surface area contributed by atoms with Crippen LogP contribution in [0.25, 0.3) is 0 Å². The molecule has 11 heavy (non-hydrogen) atoms. The van der Waals surface area contributed by atoms with Crippen molar-refractivity contribution in [3.63, 3.8) is 0 Å². The Balaban J connectivity index is 3.76. The van der Waals surface area contributed by atoms with Crippen molar-refractivity contribution in [1.29, 1.82) is 0 Å². The Morgan fingerprint density at radius 1 is 1.73 bits per heavy atom. The minimum absolute atomic E-state index is 0.0632. The van der Waals surface area contributed by atoms with Crippen LogP contribution < -0.4 is 5.73 Å². The predicted molar refractivity (Wildman–Crippen MR) is 40.9 cm³/mol. The summed E-state index contributed by atoms with van der Waals surface area (Å²) in [6.45, 7) is 3.55. The number of hydrogen-bond acceptors (Lipinski definition) is 3. The first-order valence-electron chi connectivity index (χ1n) is 3.41. The topological polar surface area (TPSA) is 52.3 Å². The first kappa shape index (κ1) is 9.99. The number of carbonyl (C=O) groups is 1. The highest BCUT2D eigenvalue weighted by Gasteiger charge is 2.17. The second kappa shape index (κ2) is 4.75. The van der Waals surface area contributed by atoms with Crippen molar-refractivity contribution in [2.24, 2.45) is 11.7 Å². The average molecular weight is 154 g/mol. The maximum absolute atomic E-state index is 10.9. The van der Waals surface area contributed by atoms with E-state index in [9.17, 15) is 4.79 Å². The van der Waals surface area contributed by atoms with Gasteiger partial charge in [0.2, 0.25) is 0 Å². The molecular weight excluding hydrogens is 142 g/mol. The molecule has 0 aromatic carbocycles. The molecule has 0 spiro atoms. The van der Waals surface area contributed by atoms with Crippen LogP contribution in [0.1, 0.15) is 13.8 Å². The minimum atomic E-state index is -0.594. The molecule has 0 amide bonds. The van der Waals surface area contributed by atoms with Gasteiger partial charge < -0.3 is 10.5 Å². The van der Waals surface area contributed by atoms with Gasteiger partial charge in [0.1, 0.15) is 6.04 Å². The smallest absolute Gasteiger partial charge is 0.324 e. The monoisotopic (exact) mass is 154 g/mol. The molecule has 0 aliphatic rings. The molecule has 0 rings (SSSR count). The van der Waals surface area contributed by atoms with E-state index in [1.807, 2.05) is 19.8 Å². The highest BCUT2D eigenvalue weighted by Crippen LogP contribution is 1.99. The lowest BCUT2D eigenvalue weighted by Gasteiger charge is -2.12. The first-order chi connectivity index (χ1) is 5.09. The molecule has 3 heteroatoms. The van der Waals surface area contributed by atoms with Crippen LogP contribution in [-0.4, -0.2) is 18.6 Å². The number of hydrogen-bond donors (Lipinski definition) is 1. The Kier molecular flexibility index (Phi) is 4.32. The number of rotatable bonds is 3. The Hall–Kier alpha value is -1.01. The Morgan fingerprint density at radius 2 is 2.27 bits per heavy atom. The zero-order chi connectivity index (χ0) is 8.85. The quantitative estimate of drug-likeness (QED) is 0.463.